The van der Waals surface area contributed by atoms with E-state index in [9.17, 15) is 14.9 Å². The van der Waals surface area contributed by atoms with E-state index in [0.717, 1.165) is 12.8 Å². The van der Waals surface area contributed by atoms with Crippen LogP contribution in [-0.4, -0.2) is 37.8 Å². The first kappa shape index (κ1) is 12.9. The molecule has 0 aromatic heterocycles. The van der Waals surface area contributed by atoms with Crippen LogP contribution < -0.4 is 0 Å². The van der Waals surface area contributed by atoms with E-state index in [1.165, 1.54) is 7.11 Å². The zero-order valence-electron chi connectivity index (χ0n) is 9.39. The van der Waals surface area contributed by atoms with Crippen LogP contribution in [0.5, 0.6) is 0 Å². The van der Waals surface area contributed by atoms with Gasteiger partial charge < -0.3 is 9.47 Å². The summed E-state index contributed by atoms with van der Waals surface area (Å²) >= 11 is 0. The van der Waals surface area contributed by atoms with E-state index in [2.05, 4.69) is 4.74 Å². The quantitative estimate of drug-likeness (QED) is 0.398. The second-order valence-electron chi connectivity index (χ2n) is 4.03. The van der Waals surface area contributed by atoms with E-state index < -0.39 is 5.97 Å². The molecule has 0 aliphatic carbocycles. The summed E-state index contributed by atoms with van der Waals surface area (Å²) in [5, 5.41) is 10.5. The van der Waals surface area contributed by atoms with Gasteiger partial charge in [-0.15, -0.1) is 0 Å². The van der Waals surface area contributed by atoms with Crippen LogP contribution in [0.25, 0.3) is 0 Å². The summed E-state index contributed by atoms with van der Waals surface area (Å²) in [7, 11) is 1.29. The van der Waals surface area contributed by atoms with Crippen molar-refractivity contribution in [2.45, 2.75) is 19.3 Å². The summed E-state index contributed by atoms with van der Waals surface area (Å²) in [5.74, 6) is -0.571. The van der Waals surface area contributed by atoms with Crippen molar-refractivity contribution in [1.29, 1.82) is 0 Å². The highest BCUT2D eigenvalue weighted by Crippen LogP contribution is 2.25. The molecule has 16 heavy (non-hydrogen) atoms. The molecular weight excluding hydrogens is 214 g/mol. The van der Waals surface area contributed by atoms with Gasteiger partial charge in [-0.1, -0.05) is 0 Å². The number of carbonyl (C=O) groups excluding carboxylic acids is 1. The van der Waals surface area contributed by atoms with E-state index in [0.29, 0.717) is 13.2 Å². The Kier molecular flexibility index (Phi) is 5.18. The average Bonchev–Trinajstić information content (AvgIpc) is 2.28. The Bertz CT molecular complexity index is 250. The molecular formula is C10H17NO5. The maximum absolute atomic E-state index is 11.2. The van der Waals surface area contributed by atoms with Crippen LogP contribution >= 0.6 is 0 Å². The smallest absolute Gasteiger partial charge is 0.306 e. The van der Waals surface area contributed by atoms with Gasteiger partial charge in [0.15, 0.2) is 0 Å². The summed E-state index contributed by atoms with van der Waals surface area (Å²) in [6, 6.07) is 0. The largest absolute Gasteiger partial charge is 0.469 e. The molecule has 0 radical (unpaired) electrons. The monoisotopic (exact) mass is 231 g/mol. The second-order valence-corrected chi connectivity index (χ2v) is 4.03. The first-order valence-corrected chi connectivity index (χ1v) is 5.40. The number of nitro groups is 1. The van der Waals surface area contributed by atoms with Crippen LogP contribution in [0.1, 0.15) is 19.3 Å². The normalized spacial score (nSPS) is 22.4. The van der Waals surface area contributed by atoms with Gasteiger partial charge >= 0.3 is 5.97 Å². The molecule has 1 rings (SSSR count). The van der Waals surface area contributed by atoms with Crippen molar-refractivity contribution >= 4 is 5.97 Å². The topological polar surface area (TPSA) is 78.7 Å². The number of nitrogens with zero attached hydrogens (tertiary/aromatic N) is 1. The fourth-order valence-electron chi connectivity index (χ4n) is 2.01. The van der Waals surface area contributed by atoms with Gasteiger partial charge in [0.25, 0.3) is 0 Å². The average molecular weight is 231 g/mol. The lowest BCUT2D eigenvalue weighted by atomic mass is 9.85. The SMILES string of the molecule is COC(=O)C[C@@H](C[N+](=O)[O-])[C@@H]1CCCOC1. The van der Waals surface area contributed by atoms with Crippen molar-refractivity contribution in [2.24, 2.45) is 11.8 Å². The number of methoxy groups -OCH3 is 1. The maximum Gasteiger partial charge on any atom is 0.306 e. The molecule has 1 aliphatic heterocycles. The summed E-state index contributed by atoms with van der Waals surface area (Å²) in [6.45, 7) is 1.03. The Labute approximate surface area is 94.1 Å². The van der Waals surface area contributed by atoms with E-state index in [4.69, 9.17) is 4.74 Å². The molecule has 0 saturated carbocycles. The Morgan fingerprint density at radius 3 is 2.94 bits per heavy atom. The number of rotatable bonds is 5. The molecule has 1 saturated heterocycles. The zero-order chi connectivity index (χ0) is 12.0. The number of carbonyl (C=O) groups is 1. The second kappa shape index (κ2) is 6.42. The summed E-state index contributed by atoms with van der Waals surface area (Å²) in [5.41, 5.74) is 0. The van der Waals surface area contributed by atoms with Crippen LogP contribution in [0.2, 0.25) is 0 Å². The molecule has 0 aromatic rings. The molecule has 1 aliphatic rings. The van der Waals surface area contributed by atoms with E-state index in [-0.39, 0.29) is 29.7 Å². The standard InChI is InChI=1S/C10H17NO5/c1-15-10(12)5-9(6-11(13)14)8-3-2-4-16-7-8/h8-9H,2-7H2,1H3/t8-,9+/m1/s1. The van der Waals surface area contributed by atoms with Crippen molar-refractivity contribution in [3.05, 3.63) is 10.1 Å². The highest BCUT2D eigenvalue weighted by molar-refractivity contribution is 5.69. The number of hydrogen-bond acceptors (Lipinski definition) is 5. The van der Waals surface area contributed by atoms with Crippen LogP contribution in [0.15, 0.2) is 0 Å². The number of ether oxygens (including phenoxy) is 2. The minimum absolute atomic E-state index is 0.0956. The molecule has 1 fully saturated rings. The Morgan fingerprint density at radius 1 is 1.69 bits per heavy atom. The summed E-state index contributed by atoms with van der Waals surface area (Å²) in [4.78, 5) is 21.3. The minimum Gasteiger partial charge on any atom is -0.469 e. The van der Waals surface area contributed by atoms with Gasteiger partial charge in [0, 0.05) is 24.1 Å². The fraction of sp³-hybridized carbons (Fsp3) is 0.900. The van der Waals surface area contributed by atoms with Crippen molar-refractivity contribution in [3.8, 4) is 0 Å². The molecule has 0 N–H and O–H groups in total. The highest BCUT2D eigenvalue weighted by Gasteiger charge is 2.30. The minimum atomic E-state index is -0.391. The van der Waals surface area contributed by atoms with Gasteiger partial charge in [-0.2, -0.15) is 0 Å². The third kappa shape index (κ3) is 4.14. The molecule has 1 heterocycles. The molecule has 0 aromatic carbocycles. The van der Waals surface area contributed by atoms with E-state index in [1.807, 2.05) is 0 Å². The lowest BCUT2D eigenvalue weighted by Gasteiger charge is -2.27. The van der Waals surface area contributed by atoms with Gasteiger partial charge in [0.1, 0.15) is 0 Å². The zero-order valence-corrected chi connectivity index (χ0v) is 9.39. The summed E-state index contributed by atoms with van der Waals surface area (Å²) < 4.78 is 9.84. The van der Waals surface area contributed by atoms with Crippen molar-refractivity contribution in [2.75, 3.05) is 26.9 Å². The molecule has 92 valence electrons. The Hall–Kier alpha value is -1.17. The third-order valence-electron chi connectivity index (χ3n) is 2.90. The van der Waals surface area contributed by atoms with E-state index >= 15 is 0 Å². The van der Waals surface area contributed by atoms with Crippen LogP contribution in [0.4, 0.5) is 0 Å². The van der Waals surface area contributed by atoms with Gasteiger partial charge in [-0.25, -0.2) is 0 Å². The molecule has 2 atom stereocenters. The molecule has 0 unspecified atom stereocenters. The van der Waals surface area contributed by atoms with Gasteiger partial charge in [0.2, 0.25) is 6.54 Å². The van der Waals surface area contributed by atoms with Crippen LogP contribution in [0.3, 0.4) is 0 Å². The molecule has 6 nitrogen and oxygen atoms in total. The lowest BCUT2D eigenvalue weighted by Crippen LogP contribution is -2.31. The maximum atomic E-state index is 11.2. The Balaban J connectivity index is 2.53. The molecule has 0 amide bonds. The van der Waals surface area contributed by atoms with Gasteiger partial charge in [-0.3, -0.25) is 14.9 Å². The van der Waals surface area contributed by atoms with Crippen LogP contribution in [0, 0.1) is 22.0 Å². The third-order valence-corrected chi connectivity index (χ3v) is 2.90. The van der Waals surface area contributed by atoms with E-state index in [1.54, 1.807) is 0 Å². The van der Waals surface area contributed by atoms with Crippen molar-refractivity contribution in [1.82, 2.24) is 0 Å². The van der Waals surface area contributed by atoms with Crippen LogP contribution in [-0.2, 0) is 14.3 Å². The van der Waals surface area contributed by atoms with Crippen molar-refractivity contribution in [3.63, 3.8) is 0 Å². The van der Waals surface area contributed by atoms with Gasteiger partial charge in [-0.05, 0) is 18.8 Å². The highest BCUT2D eigenvalue weighted by atomic mass is 16.6. The number of esters is 1. The first-order valence-electron chi connectivity index (χ1n) is 5.40. The molecule has 6 heteroatoms. The molecule has 0 bridgehead atoms. The fourth-order valence-corrected chi connectivity index (χ4v) is 2.01. The first-order chi connectivity index (χ1) is 7.63. The lowest BCUT2D eigenvalue weighted by molar-refractivity contribution is -0.490. The molecule has 0 spiro atoms. The van der Waals surface area contributed by atoms with Gasteiger partial charge in [0.05, 0.1) is 13.5 Å². The summed E-state index contributed by atoms with van der Waals surface area (Å²) in [6.07, 6.45) is 1.89. The predicted octanol–water partition coefficient (Wildman–Crippen LogP) is 0.869. The predicted molar refractivity (Wildman–Crippen MR) is 55.5 cm³/mol. The Morgan fingerprint density at radius 2 is 2.44 bits per heavy atom. The number of hydrogen-bond donors (Lipinski definition) is 0. The van der Waals surface area contributed by atoms with Crippen molar-refractivity contribution < 1.29 is 19.2 Å².